The number of hydrogen-bond acceptors (Lipinski definition) is 0. The molecular weight excluding hydrogens is 313 g/mol. The molecule has 0 fully saturated rings. The zero-order chi connectivity index (χ0) is 16.6. The summed E-state index contributed by atoms with van der Waals surface area (Å²) in [5, 5.41) is 0. The van der Waals surface area contributed by atoms with Crippen LogP contribution in [0.25, 0.3) is 16.8 Å². The highest BCUT2D eigenvalue weighted by molar-refractivity contribution is 5.73. The van der Waals surface area contributed by atoms with Crippen LogP contribution in [0.2, 0.25) is 0 Å². The molecule has 0 atom stereocenters. The van der Waals surface area contributed by atoms with E-state index in [-0.39, 0.29) is 0 Å². The molecule has 3 aromatic rings. The van der Waals surface area contributed by atoms with Gasteiger partial charge in [-0.2, -0.15) is 13.2 Å². The van der Waals surface area contributed by atoms with Gasteiger partial charge in [-0.15, -0.1) is 0 Å². The first-order chi connectivity index (χ1) is 10.9. The van der Waals surface area contributed by atoms with Crippen LogP contribution >= 0.6 is 0 Å². The van der Waals surface area contributed by atoms with Crippen molar-refractivity contribution in [3.63, 3.8) is 0 Å². The first-order valence-corrected chi connectivity index (χ1v) is 6.66. The molecule has 0 aliphatic heterocycles. The highest BCUT2D eigenvalue weighted by Crippen LogP contribution is 2.32. The summed E-state index contributed by atoms with van der Waals surface area (Å²) in [4.78, 5) is 0. The maximum absolute atomic E-state index is 13.4. The third-order valence-electron chi connectivity index (χ3n) is 3.43. The minimum absolute atomic E-state index is 0.377. The molecule has 6 heteroatoms. The summed E-state index contributed by atoms with van der Waals surface area (Å²) in [6.45, 7) is 0. The normalized spacial score (nSPS) is 11.7. The van der Waals surface area contributed by atoms with Gasteiger partial charge in [0.2, 0.25) is 0 Å². The molecule has 23 heavy (non-hydrogen) atoms. The number of rotatable bonds is 2. The molecule has 0 N–H and O–H groups in total. The van der Waals surface area contributed by atoms with E-state index >= 15 is 0 Å². The van der Waals surface area contributed by atoms with E-state index in [1.54, 1.807) is 24.3 Å². The molecular formula is C17H10F5N. The third kappa shape index (κ3) is 2.97. The second-order valence-electron chi connectivity index (χ2n) is 4.95. The predicted molar refractivity (Wildman–Crippen MR) is 76.1 cm³/mol. The largest absolute Gasteiger partial charge is 0.417 e. The van der Waals surface area contributed by atoms with Crippen molar-refractivity contribution >= 4 is 0 Å². The van der Waals surface area contributed by atoms with Crippen molar-refractivity contribution < 1.29 is 22.0 Å². The number of hydrogen-bond donors (Lipinski definition) is 0. The molecule has 0 aliphatic rings. The SMILES string of the molecule is Fc1ccc(-c2ccccc2-n2ccc(C(F)(F)F)c2)cc1F. The second-order valence-corrected chi connectivity index (χ2v) is 4.95. The topological polar surface area (TPSA) is 4.93 Å². The molecule has 0 aliphatic carbocycles. The van der Waals surface area contributed by atoms with E-state index in [9.17, 15) is 22.0 Å². The van der Waals surface area contributed by atoms with Gasteiger partial charge in [-0.05, 0) is 29.8 Å². The number of aromatic nitrogens is 1. The molecule has 0 saturated carbocycles. The van der Waals surface area contributed by atoms with Crippen molar-refractivity contribution in [3.05, 3.63) is 78.1 Å². The maximum atomic E-state index is 13.4. The molecule has 1 nitrogen and oxygen atoms in total. The Hall–Kier alpha value is -2.63. The first-order valence-electron chi connectivity index (χ1n) is 6.66. The Bertz CT molecular complexity index is 848. The van der Waals surface area contributed by atoms with Crippen molar-refractivity contribution in [1.82, 2.24) is 4.57 Å². The fourth-order valence-corrected chi connectivity index (χ4v) is 2.32. The molecule has 0 radical (unpaired) electrons. The van der Waals surface area contributed by atoms with Gasteiger partial charge in [-0.25, -0.2) is 8.78 Å². The van der Waals surface area contributed by atoms with Crippen LogP contribution in [0.1, 0.15) is 5.56 Å². The van der Waals surface area contributed by atoms with Crippen LogP contribution in [0.15, 0.2) is 60.9 Å². The molecule has 2 aromatic carbocycles. The predicted octanol–water partition coefficient (Wildman–Crippen LogP) is 5.44. The zero-order valence-corrected chi connectivity index (χ0v) is 11.6. The van der Waals surface area contributed by atoms with Crippen LogP contribution in [0, 0.1) is 11.6 Å². The lowest BCUT2D eigenvalue weighted by Crippen LogP contribution is -2.03. The Labute approximate surface area is 128 Å². The van der Waals surface area contributed by atoms with Gasteiger partial charge in [0.05, 0.1) is 11.3 Å². The molecule has 0 unspecified atom stereocenters. The average molecular weight is 323 g/mol. The third-order valence-corrected chi connectivity index (χ3v) is 3.43. The van der Waals surface area contributed by atoms with Gasteiger partial charge in [0.25, 0.3) is 0 Å². The Kier molecular flexibility index (Phi) is 3.67. The van der Waals surface area contributed by atoms with Gasteiger partial charge in [-0.3, -0.25) is 0 Å². The van der Waals surface area contributed by atoms with E-state index in [1.165, 1.54) is 16.8 Å². The fourth-order valence-electron chi connectivity index (χ4n) is 2.32. The van der Waals surface area contributed by atoms with Crippen LogP contribution < -0.4 is 0 Å². The lowest BCUT2D eigenvalue weighted by atomic mass is 10.0. The van der Waals surface area contributed by atoms with E-state index < -0.39 is 23.4 Å². The summed E-state index contributed by atoms with van der Waals surface area (Å²) in [6.07, 6.45) is -2.21. The lowest BCUT2D eigenvalue weighted by Gasteiger charge is -2.11. The van der Waals surface area contributed by atoms with E-state index in [2.05, 4.69) is 0 Å². The van der Waals surface area contributed by atoms with Gasteiger partial charge in [0.1, 0.15) is 0 Å². The minimum atomic E-state index is -4.44. The smallest absolute Gasteiger partial charge is 0.323 e. The second kappa shape index (κ2) is 5.53. The number of benzene rings is 2. The van der Waals surface area contributed by atoms with Gasteiger partial charge in [0.15, 0.2) is 11.6 Å². The lowest BCUT2D eigenvalue weighted by molar-refractivity contribution is -0.137. The van der Waals surface area contributed by atoms with E-state index in [0.717, 1.165) is 24.4 Å². The van der Waals surface area contributed by atoms with Crippen LogP contribution in [0.3, 0.4) is 0 Å². The molecule has 0 saturated heterocycles. The summed E-state index contributed by atoms with van der Waals surface area (Å²) >= 11 is 0. The van der Waals surface area contributed by atoms with E-state index in [4.69, 9.17) is 0 Å². The van der Waals surface area contributed by atoms with Crippen molar-refractivity contribution in [2.24, 2.45) is 0 Å². The Morgan fingerprint density at radius 3 is 2.22 bits per heavy atom. The van der Waals surface area contributed by atoms with Crippen molar-refractivity contribution in [3.8, 4) is 16.8 Å². The Morgan fingerprint density at radius 1 is 0.826 bits per heavy atom. The molecule has 1 heterocycles. The Morgan fingerprint density at radius 2 is 1.57 bits per heavy atom. The van der Waals surface area contributed by atoms with Crippen molar-refractivity contribution in [2.75, 3.05) is 0 Å². The van der Waals surface area contributed by atoms with Crippen LogP contribution in [0.5, 0.6) is 0 Å². The summed E-state index contributed by atoms with van der Waals surface area (Å²) in [5.41, 5.74) is 0.532. The van der Waals surface area contributed by atoms with Crippen molar-refractivity contribution in [2.45, 2.75) is 6.18 Å². The number of nitrogens with zero attached hydrogens (tertiary/aromatic N) is 1. The van der Waals surface area contributed by atoms with E-state index in [1.807, 2.05) is 0 Å². The molecule has 0 spiro atoms. The van der Waals surface area contributed by atoms with E-state index in [0.29, 0.717) is 16.8 Å². The van der Waals surface area contributed by atoms with Gasteiger partial charge in [-0.1, -0.05) is 24.3 Å². The molecule has 3 rings (SSSR count). The number of alkyl halides is 3. The zero-order valence-electron chi connectivity index (χ0n) is 11.6. The van der Waals surface area contributed by atoms with Gasteiger partial charge >= 0.3 is 6.18 Å². The molecule has 1 aromatic heterocycles. The number of para-hydroxylation sites is 1. The Balaban J connectivity index is 2.11. The van der Waals surface area contributed by atoms with Gasteiger partial charge in [0, 0.05) is 18.0 Å². The molecule has 118 valence electrons. The average Bonchev–Trinajstić information content (AvgIpc) is 3.00. The summed E-state index contributed by atoms with van der Waals surface area (Å²) in [6, 6.07) is 10.9. The van der Waals surface area contributed by atoms with Gasteiger partial charge < -0.3 is 4.57 Å². The highest BCUT2D eigenvalue weighted by atomic mass is 19.4. The number of halogens is 5. The van der Waals surface area contributed by atoms with Crippen LogP contribution in [-0.2, 0) is 6.18 Å². The highest BCUT2D eigenvalue weighted by Gasteiger charge is 2.31. The van der Waals surface area contributed by atoms with Crippen LogP contribution in [-0.4, -0.2) is 4.57 Å². The standard InChI is InChI=1S/C17H10F5N/c18-14-6-5-11(9-15(14)19)13-3-1-2-4-16(13)23-8-7-12(10-23)17(20,21)22/h1-10H. The monoisotopic (exact) mass is 323 g/mol. The summed E-state index contributed by atoms with van der Waals surface area (Å²) in [7, 11) is 0. The fraction of sp³-hybridized carbons (Fsp3) is 0.0588. The maximum Gasteiger partial charge on any atom is 0.417 e. The van der Waals surface area contributed by atoms with Crippen molar-refractivity contribution in [1.29, 1.82) is 0 Å². The summed E-state index contributed by atoms with van der Waals surface area (Å²) in [5.74, 6) is -1.99. The molecule has 0 amide bonds. The minimum Gasteiger partial charge on any atom is -0.323 e. The quantitative estimate of drug-likeness (QED) is 0.553. The molecule has 0 bridgehead atoms. The summed E-state index contributed by atoms with van der Waals surface area (Å²) < 4.78 is 66.0. The van der Waals surface area contributed by atoms with Crippen LogP contribution in [0.4, 0.5) is 22.0 Å². The first kappa shape index (κ1) is 15.3.